The van der Waals surface area contributed by atoms with Gasteiger partial charge in [-0.1, -0.05) is 18.5 Å². The van der Waals surface area contributed by atoms with Gasteiger partial charge in [0.2, 0.25) is 5.91 Å². The summed E-state index contributed by atoms with van der Waals surface area (Å²) in [5, 5.41) is 4.64. The zero-order chi connectivity index (χ0) is 22.7. The van der Waals surface area contributed by atoms with Crippen molar-refractivity contribution in [2.24, 2.45) is 18.9 Å². The number of aryl methyl sites for hydroxylation is 3. The molecule has 0 radical (unpaired) electrons. The SMILES string of the molecule is Cc1cc(C(=O)C[C@@H](C)C(=O)N2CCC(CCc3c(N)nc(C)nc3Cl)CC2)n(C)n1. The predicted octanol–water partition coefficient (Wildman–Crippen LogP) is 3.14. The van der Waals surface area contributed by atoms with Crippen LogP contribution >= 0.6 is 11.6 Å². The summed E-state index contributed by atoms with van der Waals surface area (Å²) in [6.07, 6.45) is 3.73. The molecular weight excluding hydrogens is 416 g/mol. The number of piperidine rings is 1. The third kappa shape index (κ3) is 5.61. The second-order valence-electron chi connectivity index (χ2n) is 8.56. The van der Waals surface area contributed by atoms with Crippen LogP contribution in [0.25, 0.3) is 0 Å². The lowest BCUT2D eigenvalue weighted by atomic mass is 9.90. The van der Waals surface area contributed by atoms with E-state index in [1.165, 1.54) is 0 Å². The van der Waals surface area contributed by atoms with E-state index in [-0.39, 0.29) is 24.0 Å². The zero-order valence-corrected chi connectivity index (χ0v) is 19.4. The maximum atomic E-state index is 12.9. The Morgan fingerprint density at radius 3 is 2.52 bits per heavy atom. The minimum atomic E-state index is -0.345. The molecule has 2 N–H and O–H groups in total. The Hall–Kier alpha value is -2.48. The Morgan fingerprint density at radius 1 is 1.26 bits per heavy atom. The Kier molecular flexibility index (Phi) is 7.30. The second-order valence-corrected chi connectivity index (χ2v) is 8.91. The number of nitrogens with zero attached hydrogens (tertiary/aromatic N) is 5. The van der Waals surface area contributed by atoms with Crippen molar-refractivity contribution in [3.05, 3.63) is 34.0 Å². The third-order valence-electron chi connectivity index (χ3n) is 6.03. The Bertz CT molecular complexity index is 942. The highest BCUT2D eigenvalue weighted by molar-refractivity contribution is 6.30. The molecule has 0 spiro atoms. The van der Waals surface area contributed by atoms with Gasteiger partial charge in [0.05, 0.1) is 5.69 Å². The summed E-state index contributed by atoms with van der Waals surface area (Å²) in [5.74, 6) is 1.17. The van der Waals surface area contributed by atoms with Gasteiger partial charge in [0.25, 0.3) is 0 Å². The van der Waals surface area contributed by atoms with Gasteiger partial charge in [-0.15, -0.1) is 0 Å². The molecule has 1 atom stereocenters. The van der Waals surface area contributed by atoms with Crippen LogP contribution < -0.4 is 5.73 Å². The molecule has 9 heteroatoms. The highest BCUT2D eigenvalue weighted by Crippen LogP contribution is 2.27. The maximum Gasteiger partial charge on any atom is 0.225 e. The number of carbonyl (C=O) groups excluding carboxylic acids is 2. The largest absolute Gasteiger partial charge is 0.383 e. The van der Waals surface area contributed by atoms with Crippen LogP contribution in [0.1, 0.15) is 60.2 Å². The number of hydrogen-bond acceptors (Lipinski definition) is 6. The van der Waals surface area contributed by atoms with Crippen molar-refractivity contribution in [3.8, 4) is 0 Å². The molecule has 8 nitrogen and oxygen atoms in total. The van der Waals surface area contributed by atoms with Gasteiger partial charge in [-0.2, -0.15) is 5.10 Å². The summed E-state index contributed by atoms with van der Waals surface area (Å²) in [4.78, 5) is 35.7. The van der Waals surface area contributed by atoms with Crippen LogP contribution in [0.2, 0.25) is 5.15 Å². The molecule has 0 saturated carbocycles. The quantitative estimate of drug-likeness (QED) is 0.517. The highest BCUT2D eigenvalue weighted by Gasteiger charge is 2.28. The molecule has 2 aromatic rings. The van der Waals surface area contributed by atoms with Crippen LogP contribution in [0.15, 0.2) is 6.07 Å². The minimum Gasteiger partial charge on any atom is -0.383 e. The summed E-state index contributed by atoms with van der Waals surface area (Å²) in [6.45, 7) is 6.87. The molecule has 1 fully saturated rings. The molecule has 31 heavy (non-hydrogen) atoms. The van der Waals surface area contributed by atoms with Gasteiger partial charge in [-0.25, -0.2) is 9.97 Å². The van der Waals surface area contributed by atoms with Crippen LogP contribution in [-0.2, 0) is 18.3 Å². The number of nitrogens with two attached hydrogens (primary N) is 1. The Labute approximate surface area is 188 Å². The van der Waals surface area contributed by atoms with Gasteiger partial charge >= 0.3 is 0 Å². The van der Waals surface area contributed by atoms with E-state index in [2.05, 4.69) is 15.1 Å². The smallest absolute Gasteiger partial charge is 0.225 e. The molecule has 2 aromatic heterocycles. The van der Waals surface area contributed by atoms with Crippen LogP contribution in [0.4, 0.5) is 5.82 Å². The van der Waals surface area contributed by atoms with Gasteiger partial charge in [-0.3, -0.25) is 14.3 Å². The molecule has 3 heterocycles. The number of anilines is 1. The summed E-state index contributed by atoms with van der Waals surface area (Å²) >= 11 is 6.23. The Balaban J connectivity index is 1.48. The first-order valence-electron chi connectivity index (χ1n) is 10.8. The molecule has 0 bridgehead atoms. The molecule has 1 saturated heterocycles. The average Bonchev–Trinajstić information content (AvgIpc) is 3.05. The fourth-order valence-electron chi connectivity index (χ4n) is 4.26. The van der Waals surface area contributed by atoms with Crippen molar-refractivity contribution in [1.29, 1.82) is 0 Å². The fraction of sp³-hybridized carbons (Fsp3) is 0.591. The summed E-state index contributed by atoms with van der Waals surface area (Å²) < 4.78 is 1.58. The monoisotopic (exact) mass is 446 g/mol. The third-order valence-corrected chi connectivity index (χ3v) is 6.34. The lowest BCUT2D eigenvalue weighted by Gasteiger charge is -2.33. The van der Waals surface area contributed by atoms with Gasteiger partial charge in [-0.05, 0) is 51.5 Å². The number of amides is 1. The number of likely N-dealkylation sites (tertiary alicyclic amines) is 1. The fourth-order valence-corrected chi connectivity index (χ4v) is 4.57. The summed E-state index contributed by atoms with van der Waals surface area (Å²) in [7, 11) is 1.75. The van der Waals surface area contributed by atoms with Gasteiger partial charge in [0.15, 0.2) is 5.78 Å². The first kappa shape index (κ1) is 23.2. The molecule has 0 unspecified atom stereocenters. The number of rotatable bonds is 7. The average molecular weight is 447 g/mol. The van der Waals surface area contributed by atoms with Crippen molar-refractivity contribution in [3.63, 3.8) is 0 Å². The number of aromatic nitrogens is 4. The van der Waals surface area contributed by atoms with E-state index in [0.29, 0.717) is 41.5 Å². The van der Waals surface area contributed by atoms with E-state index in [1.54, 1.807) is 24.7 Å². The van der Waals surface area contributed by atoms with E-state index in [0.717, 1.165) is 36.9 Å². The summed E-state index contributed by atoms with van der Waals surface area (Å²) in [6, 6.07) is 1.77. The molecule has 1 aliphatic heterocycles. The number of Topliss-reactive ketones (excluding diaryl/α,β-unsaturated/α-hetero) is 1. The second kappa shape index (κ2) is 9.77. The number of nitrogen functional groups attached to an aromatic ring is 1. The first-order valence-corrected chi connectivity index (χ1v) is 11.1. The van der Waals surface area contributed by atoms with Gasteiger partial charge < -0.3 is 10.6 Å². The number of carbonyl (C=O) groups is 2. The lowest BCUT2D eigenvalue weighted by molar-refractivity contribution is -0.136. The van der Waals surface area contributed by atoms with E-state index in [4.69, 9.17) is 17.3 Å². The molecule has 0 aliphatic carbocycles. The Morgan fingerprint density at radius 2 is 1.94 bits per heavy atom. The normalized spacial score (nSPS) is 15.8. The van der Waals surface area contributed by atoms with Crippen LogP contribution in [0, 0.1) is 25.7 Å². The summed E-state index contributed by atoms with van der Waals surface area (Å²) in [5.41, 5.74) is 8.16. The van der Waals surface area contributed by atoms with Crippen molar-refractivity contribution in [1.82, 2.24) is 24.6 Å². The van der Waals surface area contributed by atoms with Crippen molar-refractivity contribution >= 4 is 29.1 Å². The standard InChI is InChI=1S/C22H31ClN6O2/c1-13(11-19(30)18-12-14(2)27-28(18)4)22(31)29-9-7-16(8-10-29)5-6-17-20(23)25-15(3)26-21(17)24/h12-13,16H,5-11H2,1-4H3,(H2,24,25,26)/t13-/m1/s1. The molecule has 1 aliphatic rings. The highest BCUT2D eigenvalue weighted by atomic mass is 35.5. The van der Waals surface area contributed by atoms with Crippen LogP contribution in [0.3, 0.4) is 0 Å². The van der Waals surface area contributed by atoms with E-state index < -0.39 is 0 Å². The lowest BCUT2D eigenvalue weighted by Crippen LogP contribution is -2.41. The molecule has 0 aromatic carbocycles. The molecular formula is C22H31ClN6O2. The number of hydrogen-bond donors (Lipinski definition) is 1. The van der Waals surface area contributed by atoms with E-state index >= 15 is 0 Å². The first-order chi connectivity index (χ1) is 14.7. The minimum absolute atomic E-state index is 0.0462. The van der Waals surface area contributed by atoms with Gasteiger partial charge in [0, 0.05) is 38.0 Å². The number of ketones is 1. The topological polar surface area (TPSA) is 107 Å². The number of halogens is 1. The predicted molar refractivity (Wildman–Crippen MR) is 120 cm³/mol. The van der Waals surface area contributed by atoms with E-state index in [1.807, 2.05) is 18.7 Å². The van der Waals surface area contributed by atoms with Gasteiger partial charge in [0.1, 0.15) is 22.5 Å². The van der Waals surface area contributed by atoms with E-state index in [9.17, 15) is 9.59 Å². The molecule has 3 rings (SSSR count). The maximum absolute atomic E-state index is 12.9. The molecule has 168 valence electrons. The zero-order valence-electron chi connectivity index (χ0n) is 18.7. The molecule has 1 amide bonds. The van der Waals surface area contributed by atoms with Crippen LogP contribution in [0.5, 0.6) is 0 Å². The van der Waals surface area contributed by atoms with Crippen molar-refractivity contribution in [2.75, 3.05) is 18.8 Å². The van der Waals surface area contributed by atoms with Crippen molar-refractivity contribution in [2.45, 2.75) is 52.9 Å². The van der Waals surface area contributed by atoms with Crippen LogP contribution in [-0.4, -0.2) is 49.4 Å². The van der Waals surface area contributed by atoms with Crippen molar-refractivity contribution < 1.29 is 9.59 Å².